The van der Waals surface area contributed by atoms with Gasteiger partial charge in [-0.1, -0.05) is 33.1 Å². The van der Waals surface area contributed by atoms with Crippen molar-refractivity contribution >= 4 is 11.8 Å². The fourth-order valence-corrected chi connectivity index (χ4v) is 4.35. The van der Waals surface area contributed by atoms with Crippen LogP contribution in [0.2, 0.25) is 0 Å². The molecule has 2 aliphatic rings. The fourth-order valence-electron chi connectivity index (χ4n) is 4.35. The van der Waals surface area contributed by atoms with E-state index in [1.165, 1.54) is 19.3 Å². The fraction of sp³-hybridized carbons (Fsp3) is 0.900. The quantitative estimate of drug-likeness (QED) is 0.744. The Hall–Kier alpha value is -1.14. The highest BCUT2D eigenvalue weighted by molar-refractivity contribution is 5.83. The molecule has 2 N–H and O–H groups in total. The first-order valence-electron chi connectivity index (χ1n) is 10.4. The lowest BCUT2D eigenvalue weighted by atomic mass is 9.81. The normalized spacial score (nSPS) is 20.2. The Morgan fingerprint density at radius 2 is 1.62 bits per heavy atom. The molecule has 150 valence electrons. The van der Waals surface area contributed by atoms with Gasteiger partial charge in [0.2, 0.25) is 11.8 Å². The van der Waals surface area contributed by atoms with Crippen LogP contribution in [0.4, 0.5) is 0 Å². The zero-order valence-electron chi connectivity index (χ0n) is 17.0. The molecular formula is C20H38N4O2. The second kappa shape index (κ2) is 9.70. The predicted molar refractivity (Wildman–Crippen MR) is 105 cm³/mol. The third kappa shape index (κ3) is 4.77. The second-order valence-corrected chi connectivity index (χ2v) is 8.06. The van der Waals surface area contributed by atoms with E-state index in [1.54, 1.807) is 0 Å². The van der Waals surface area contributed by atoms with Crippen molar-refractivity contribution in [3.05, 3.63) is 0 Å². The Morgan fingerprint density at radius 3 is 2.12 bits per heavy atom. The highest BCUT2D eigenvalue weighted by atomic mass is 16.2. The number of piperazine rings is 1. The first-order chi connectivity index (χ1) is 12.5. The minimum absolute atomic E-state index is 0.190. The van der Waals surface area contributed by atoms with Crippen LogP contribution in [0.1, 0.15) is 58.8 Å². The van der Waals surface area contributed by atoms with Gasteiger partial charge in [0.05, 0.1) is 12.0 Å². The van der Waals surface area contributed by atoms with E-state index < -0.39 is 5.41 Å². The standard InChI is InChI=1S/C20H38N4O2/c1-4-20(5-2,16-21)19(26)24-13-11-23(12-14-24)15-18(25)22(3)17-9-7-6-8-10-17/h17H,4-16,21H2,1-3H3. The monoisotopic (exact) mass is 366 g/mol. The van der Waals surface area contributed by atoms with Gasteiger partial charge in [-0.25, -0.2) is 0 Å². The van der Waals surface area contributed by atoms with Crippen molar-refractivity contribution in [2.75, 3.05) is 46.3 Å². The number of amides is 2. The minimum atomic E-state index is -0.417. The first kappa shape index (κ1) is 21.2. The number of likely N-dealkylation sites (N-methyl/N-ethyl adjacent to an activating group) is 1. The predicted octanol–water partition coefficient (Wildman–Crippen LogP) is 1.69. The zero-order chi connectivity index (χ0) is 19.2. The summed E-state index contributed by atoms with van der Waals surface area (Å²) in [6.07, 6.45) is 7.61. The summed E-state index contributed by atoms with van der Waals surface area (Å²) < 4.78 is 0. The van der Waals surface area contributed by atoms with E-state index >= 15 is 0 Å². The molecular weight excluding hydrogens is 328 g/mol. The molecule has 1 saturated carbocycles. The Kier molecular flexibility index (Phi) is 7.89. The molecule has 0 aromatic rings. The summed E-state index contributed by atoms with van der Waals surface area (Å²) in [6.45, 7) is 7.90. The Balaban J connectivity index is 1.82. The molecule has 0 unspecified atom stereocenters. The van der Waals surface area contributed by atoms with E-state index in [0.717, 1.165) is 38.8 Å². The van der Waals surface area contributed by atoms with Crippen molar-refractivity contribution in [3.63, 3.8) is 0 Å². The first-order valence-corrected chi connectivity index (χ1v) is 10.4. The molecule has 2 fully saturated rings. The number of rotatable bonds is 7. The van der Waals surface area contributed by atoms with Gasteiger partial charge in [-0.05, 0) is 25.7 Å². The van der Waals surface area contributed by atoms with Crippen LogP contribution in [0.25, 0.3) is 0 Å². The van der Waals surface area contributed by atoms with Gasteiger partial charge in [0, 0.05) is 45.8 Å². The summed E-state index contributed by atoms with van der Waals surface area (Å²) in [7, 11) is 1.95. The van der Waals surface area contributed by atoms with E-state index in [0.29, 0.717) is 32.2 Å². The second-order valence-electron chi connectivity index (χ2n) is 8.06. The number of nitrogens with zero attached hydrogens (tertiary/aromatic N) is 3. The third-order valence-electron chi connectivity index (χ3n) is 6.73. The maximum atomic E-state index is 12.9. The van der Waals surface area contributed by atoms with Crippen molar-refractivity contribution < 1.29 is 9.59 Å². The minimum Gasteiger partial charge on any atom is -0.342 e. The van der Waals surface area contributed by atoms with Crippen LogP contribution in [0.5, 0.6) is 0 Å². The van der Waals surface area contributed by atoms with Gasteiger partial charge in [-0.2, -0.15) is 0 Å². The summed E-state index contributed by atoms with van der Waals surface area (Å²) in [5.41, 5.74) is 5.51. The molecule has 6 heteroatoms. The van der Waals surface area contributed by atoms with Crippen LogP contribution in [0.3, 0.4) is 0 Å². The van der Waals surface area contributed by atoms with Gasteiger partial charge < -0.3 is 15.5 Å². The van der Waals surface area contributed by atoms with E-state index in [1.807, 2.05) is 30.7 Å². The number of carbonyl (C=O) groups excluding carboxylic acids is 2. The highest BCUT2D eigenvalue weighted by Crippen LogP contribution is 2.28. The van der Waals surface area contributed by atoms with Crippen molar-refractivity contribution in [1.82, 2.24) is 14.7 Å². The maximum absolute atomic E-state index is 12.9. The van der Waals surface area contributed by atoms with Crippen LogP contribution in [-0.4, -0.2) is 78.9 Å². The summed E-state index contributed by atoms with van der Waals surface area (Å²) in [5, 5.41) is 0. The molecule has 6 nitrogen and oxygen atoms in total. The average Bonchev–Trinajstić information content (AvgIpc) is 2.70. The van der Waals surface area contributed by atoms with Crippen LogP contribution in [0, 0.1) is 5.41 Å². The lowest BCUT2D eigenvalue weighted by Crippen LogP contribution is -2.56. The highest BCUT2D eigenvalue weighted by Gasteiger charge is 2.38. The van der Waals surface area contributed by atoms with Crippen molar-refractivity contribution in [2.24, 2.45) is 11.1 Å². The molecule has 1 saturated heterocycles. The number of nitrogens with two attached hydrogens (primary N) is 1. The zero-order valence-corrected chi connectivity index (χ0v) is 17.0. The summed E-state index contributed by atoms with van der Waals surface area (Å²) in [4.78, 5) is 31.6. The number of hydrogen-bond acceptors (Lipinski definition) is 4. The van der Waals surface area contributed by atoms with Gasteiger partial charge in [0.25, 0.3) is 0 Å². The Morgan fingerprint density at radius 1 is 1.04 bits per heavy atom. The molecule has 0 bridgehead atoms. The van der Waals surface area contributed by atoms with E-state index in [-0.39, 0.29) is 11.8 Å². The maximum Gasteiger partial charge on any atom is 0.236 e. The van der Waals surface area contributed by atoms with Crippen molar-refractivity contribution in [3.8, 4) is 0 Å². The summed E-state index contributed by atoms with van der Waals surface area (Å²) in [6, 6.07) is 0.415. The molecule has 1 heterocycles. The van der Waals surface area contributed by atoms with Crippen molar-refractivity contribution in [2.45, 2.75) is 64.8 Å². The lowest BCUT2D eigenvalue weighted by Gasteiger charge is -2.40. The van der Waals surface area contributed by atoms with Crippen LogP contribution >= 0.6 is 0 Å². The Labute approximate surface area is 159 Å². The van der Waals surface area contributed by atoms with Gasteiger partial charge in [0.1, 0.15) is 0 Å². The molecule has 26 heavy (non-hydrogen) atoms. The van der Waals surface area contributed by atoms with Crippen LogP contribution < -0.4 is 5.73 Å². The molecule has 0 aromatic heterocycles. The van der Waals surface area contributed by atoms with Crippen LogP contribution in [0.15, 0.2) is 0 Å². The molecule has 0 aromatic carbocycles. The number of carbonyl (C=O) groups is 2. The largest absolute Gasteiger partial charge is 0.342 e. The summed E-state index contributed by atoms with van der Waals surface area (Å²) >= 11 is 0. The van der Waals surface area contributed by atoms with E-state index in [4.69, 9.17) is 5.73 Å². The molecule has 0 radical (unpaired) electrons. The molecule has 2 amide bonds. The van der Waals surface area contributed by atoms with E-state index in [9.17, 15) is 9.59 Å². The van der Waals surface area contributed by atoms with Gasteiger partial charge in [0.15, 0.2) is 0 Å². The van der Waals surface area contributed by atoms with Gasteiger partial charge in [-0.3, -0.25) is 14.5 Å². The molecule has 1 aliphatic carbocycles. The molecule has 0 atom stereocenters. The number of hydrogen-bond donors (Lipinski definition) is 1. The third-order valence-corrected chi connectivity index (χ3v) is 6.73. The molecule has 1 aliphatic heterocycles. The average molecular weight is 367 g/mol. The topological polar surface area (TPSA) is 69.9 Å². The SMILES string of the molecule is CCC(CC)(CN)C(=O)N1CCN(CC(=O)N(C)C2CCCCC2)CC1. The van der Waals surface area contributed by atoms with Gasteiger partial charge in [-0.15, -0.1) is 0 Å². The van der Waals surface area contributed by atoms with E-state index in [2.05, 4.69) is 4.90 Å². The molecule has 0 spiro atoms. The van der Waals surface area contributed by atoms with Crippen molar-refractivity contribution in [1.29, 1.82) is 0 Å². The molecule has 2 rings (SSSR count). The van der Waals surface area contributed by atoms with Crippen LogP contribution in [-0.2, 0) is 9.59 Å². The smallest absolute Gasteiger partial charge is 0.236 e. The van der Waals surface area contributed by atoms with Gasteiger partial charge >= 0.3 is 0 Å². The summed E-state index contributed by atoms with van der Waals surface area (Å²) in [5.74, 6) is 0.408. The lowest BCUT2D eigenvalue weighted by molar-refractivity contribution is -0.144. The Bertz CT molecular complexity index is 456.